The Kier molecular flexibility index (Phi) is 5.37. The first-order valence-electron chi connectivity index (χ1n) is 9.07. The first-order chi connectivity index (χ1) is 14.0. The van der Waals surface area contributed by atoms with E-state index in [4.69, 9.17) is 22.1 Å². The smallest absolute Gasteiger partial charge is 0.322 e. The van der Waals surface area contributed by atoms with E-state index in [0.29, 0.717) is 48.4 Å². The summed E-state index contributed by atoms with van der Waals surface area (Å²) in [7, 11) is 0. The van der Waals surface area contributed by atoms with E-state index >= 15 is 0 Å². The number of hydrogen-bond acceptors (Lipinski definition) is 4. The van der Waals surface area contributed by atoms with Gasteiger partial charge in [-0.25, -0.2) is 13.9 Å². The van der Waals surface area contributed by atoms with E-state index in [0.717, 1.165) is 5.56 Å². The number of hydrogen-bond donors (Lipinski definition) is 2. The molecule has 3 N–H and O–H groups in total. The van der Waals surface area contributed by atoms with E-state index in [9.17, 15) is 9.18 Å². The Morgan fingerprint density at radius 3 is 2.41 bits per heavy atom. The monoisotopic (exact) mass is 415 g/mol. The molecule has 1 aromatic heterocycles. The molecular weight excluding hydrogens is 397 g/mol. The number of ether oxygens (including phenoxy) is 1. The summed E-state index contributed by atoms with van der Waals surface area (Å²) in [6.45, 7) is 1.96. The average molecular weight is 416 g/mol. The summed E-state index contributed by atoms with van der Waals surface area (Å²) in [5.74, 6) is -0.124. The highest BCUT2D eigenvalue weighted by Crippen LogP contribution is 2.35. The molecule has 2 amide bonds. The molecule has 4 rings (SSSR count). The van der Waals surface area contributed by atoms with Gasteiger partial charge in [-0.05, 0) is 36.4 Å². The molecule has 3 aromatic rings. The van der Waals surface area contributed by atoms with Gasteiger partial charge in [-0.15, -0.1) is 0 Å². The largest absolute Gasteiger partial charge is 0.382 e. The van der Waals surface area contributed by atoms with Gasteiger partial charge in [0.2, 0.25) is 0 Å². The van der Waals surface area contributed by atoms with Gasteiger partial charge in [0, 0.05) is 23.7 Å². The normalized spacial score (nSPS) is 14.1. The van der Waals surface area contributed by atoms with E-state index in [-0.39, 0.29) is 17.7 Å². The van der Waals surface area contributed by atoms with Crippen LogP contribution in [0.1, 0.15) is 0 Å². The topological polar surface area (TPSA) is 85.4 Å². The van der Waals surface area contributed by atoms with E-state index in [1.807, 2.05) is 0 Å². The second-order valence-corrected chi connectivity index (χ2v) is 6.97. The van der Waals surface area contributed by atoms with E-state index < -0.39 is 0 Å². The predicted molar refractivity (Wildman–Crippen MR) is 110 cm³/mol. The van der Waals surface area contributed by atoms with Crippen LogP contribution in [-0.4, -0.2) is 47.0 Å². The predicted octanol–water partition coefficient (Wildman–Crippen LogP) is 3.78. The van der Waals surface area contributed by atoms with Crippen LogP contribution in [0.4, 0.5) is 20.7 Å². The lowest BCUT2D eigenvalue weighted by Gasteiger charge is -2.27. The van der Waals surface area contributed by atoms with Gasteiger partial charge in [0.1, 0.15) is 17.2 Å². The summed E-state index contributed by atoms with van der Waals surface area (Å²) in [6.07, 6.45) is 0. The number of aromatic nitrogens is 2. The molecule has 0 aliphatic carbocycles. The number of nitrogens with two attached hydrogens (primary N) is 1. The average Bonchev–Trinajstić information content (AvgIpc) is 3.06. The van der Waals surface area contributed by atoms with Gasteiger partial charge in [0.05, 0.1) is 18.9 Å². The Morgan fingerprint density at radius 1 is 1.10 bits per heavy atom. The molecule has 0 unspecified atom stereocenters. The standard InChI is InChI=1S/C20H19ClFN5O2/c21-14-3-1-13(2-4-14)17-18(24-20(28)26-9-11-29-12-10-26)19(23)27(25-17)16-7-5-15(22)6-8-16/h1-8H,9-12,23H2,(H,24,28). The minimum Gasteiger partial charge on any atom is -0.382 e. The number of morpholine rings is 1. The summed E-state index contributed by atoms with van der Waals surface area (Å²) < 4.78 is 20.1. The molecule has 0 radical (unpaired) electrons. The van der Waals surface area contributed by atoms with Crippen molar-refractivity contribution in [2.75, 3.05) is 37.4 Å². The minimum atomic E-state index is -0.363. The van der Waals surface area contributed by atoms with Crippen molar-refractivity contribution in [3.63, 3.8) is 0 Å². The molecule has 29 heavy (non-hydrogen) atoms. The number of anilines is 2. The molecule has 0 atom stereocenters. The first kappa shape index (κ1) is 19.2. The number of carbonyl (C=O) groups is 1. The number of carbonyl (C=O) groups excluding carboxylic acids is 1. The number of rotatable bonds is 3. The van der Waals surface area contributed by atoms with Crippen LogP contribution in [0.25, 0.3) is 16.9 Å². The summed E-state index contributed by atoms with van der Waals surface area (Å²) in [5.41, 5.74) is 8.53. The SMILES string of the molecule is Nc1c(NC(=O)N2CCOCC2)c(-c2ccc(Cl)cc2)nn1-c1ccc(F)cc1. The van der Waals surface area contributed by atoms with Gasteiger partial charge in [-0.2, -0.15) is 5.10 Å². The van der Waals surface area contributed by atoms with Crippen LogP contribution in [0.3, 0.4) is 0 Å². The number of nitrogens with zero attached hydrogens (tertiary/aromatic N) is 3. The quantitative estimate of drug-likeness (QED) is 0.681. The van der Waals surface area contributed by atoms with Crippen molar-refractivity contribution in [3.8, 4) is 16.9 Å². The number of nitrogens with one attached hydrogen (secondary N) is 1. The molecule has 1 fully saturated rings. The molecule has 150 valence electrons. The van der Waals surface area contributed by atoms with Gasteiger partial charge in [-0.3, -0.25) is 0 Å². The Bertz CT molecular complexity index is 1010. The highest BCUT2D eigenvalue weighted by molar-refractivity contribution is 6.30. The summed E-state index contributed by atoms with van der Waals surface area (Å²) in [5, 5.41) is 8.04. The number of amides is 2. The maximum Gasteiger partial charge on any atom is 0.322 e. The molecule has 1 saturated heterocycles. The maximum absolute atomic E-state index is 13.3. The van der Waals surface area contributed by atoms with Crippen LogP contribution >= 0.6 is 11.6 Å². The van der Waals surface area contributed by atoms with Crippen LogP contribution in [0.15, 0.2) is 48.5 Å². The number of nitrogen functional groups attached to an aromatic ring is 1. The van der Waals surface area contributed by atoms with Crippen LogP contribution in [0, 0.1) is 5.82 Å². The Labute approximate surface area is 171 Å². The minimum absolute atomic E-state index is 0.239. The van der Waals surface area contributed by atoms with E-state index in [1.54, 1.807) is 41.3 Å². The maximum atomic E-state index is 13.3. The highest BCUT2D eigenvalue weighted by Gasteiger charge is 2.23. The van der Waals surface area contributed by atoms with Crippen LogP contribution in [-0.2, 0) is 4.74 Å². The van der Waals surface area contributed by atoms with E-state index in [2.05, 4.69) is 10.4 Å². The molecule has 9 heteroatoms. The van der Waals surface area contributed by atoms with Crippen molar-refractivity contribution in [1.29, 1.82) is 0 Å². The third-order valence-corrected chi connectivity index (χ3v) is 4.89. The lowest BCUT2D eigenvalue weighted by molar-refractivity contribution is 0.0565. The number of halogens is 2. The van der Waals surface area contributed by atoms with Gasteiger partial charge in [0.25, 0.3) is 0 Å². The first-order valence-corrected chi connectivity index (χ1v) is 9.45. The molecule has 0 saturated carbocycles. The fourth-order valence-corrected chi connectivity index (χ4v) is 3.22. The fourth-order valence-electron chi connectivity index (χ4n) is 3.10. The molecule has 1 aliphatic rings. The molecule has 7 nitrogen and oxygen atoms in total. The third-order valence-electron chi connectivity index (χ3n) is 4.64. The van der Waals surface area contributed by atoms with Crippen molar-refractivity contribution >= 4 is 29.1 Å². The van der Waals surface area contributed by atoms with Crippen LogP contribution in [0.5, 0.6) is 0 Å². The van der Waals surface area contributed by atoms with Crippen molar-refractivity contribution in [2.24, 2.45) is 0 Å². The molecule has 0 spiro atoms. The molecule has 2 aromatic carbocycles. The Balaban J connectivity index is 1.75. The van der Waals surface area contributed by atoms with Crippen molar-refractivity contribution in [1.82, 2.24) is 14.7 Å². The Hall–Kier alpha value is -3.10. The van der Waals surface area contributed by atoms with Gasteiger partial charge >= 0.3 is 6.03 Å². The zero-order valence-corrected chi connectivity index (χ0v) is 16.2. The molecule has 1 aliphatic heterocycles. The van der Waals surface area contributed by atoms with E-state index in [1.165, 1.54) is 16.8 Å². The second-order valence-electron chi connectivity index (χ2n) is 6.53. The molecular formula is C20H19ClFN5O2. The molecule has 0 bridgehead atoms. The zero-order chi connectivity index (χ0) is 20.4. The van der Waals surface area contributed by atoms with Gasteiger partial charge in [-0.1, -0.05) is 23.7 Å². The highest BCUT2D eigenvalue weighted by atomic mass is 35.5. The van der Waals surface area contributed by atoms with Crippen LogP contribution < -0.4 is 11.1 Å². The van der Waals surface area contributed by atoms with Gasteiger partial charge in [0.15, 0.2) is 5.82 Å². The number of benzene rings is 2. The fraction of sp³-hybridized carbons (Fsp3) is 0.200. The third kappa shape index (κ3) is 4.03. The Morgan fingerprint density at radius 2 is 1.76 bits per heavy atom. The van der Waals surface area contributed by atoms with Crippen molar-refractivity contribution < 1.29 is 13.9 Å². The lowest BCUT2D eigenvalue weighted by Crippen LogP contribution is -2.43. The zero-order valence-electron chi connectivity index (χ0n) is 15.4. The summed E-state index contributed by atoms with van der Waals surface area (Å²) >= 11 is 6.00. The summed E-state index contributed by atoms with van der Waals surface area (Å²) in [6, 6.07) is 12.6. The number of urea groups is 1. The molecule has 2 heterocycles. The lowest BCUT2D eigenvalue weighted by atomic mass is 10.1. The van der Waals surface area contributed by atoms with Gasteiger partial charge < -0.3 is 20.7 Å². The second kappa shape index (κ2) is 8.10. The summed E-state index contributed by atoms with van der Waals surface area (Å²) in [4.78, 5) is 14.4. The van der Waals surface area contributed by atoms with Crippen molar-refractivity contribution in [3.05, 3.63) is 59.4 Å². The van der Waals surface area contributed by atoms with Crippen molar-refractivity contribution in [2.45, 2.75) is 0 Å². The van der Waals surface area contributed by atoms with Crippen LogP contribution in [0.2, 0.25) is 5.02 Å².